The zero-order chi connectivity index (χ0) is 12.4. The lowest BCUT2D eigenvalue weighted by atomic mass is 10.4. The fourth-order valence-electron chi connectivity index (χ4n) is 1.09. The second-order valence-electron chi connectivity index (χ2n) is 2.98. The van der Waals surface area contributed by atoms with E-state index in [0.29, 0.717) is 0 Å². The van der Waals surface area contributed by atoms with E-state index in [1.54, 1.807) is 0 Å². The molecule has 9 heteroatoms. The van der Waals surface area contributed by atoms with E-state index >= 15 is 0 Å². The van der Waals surface area contributed by atoms with Crippen LogP contribution < -0.4 is 0 Å². The van der Waals surface area contributed by atoms with E-state index < -0.39 is 10.9 Å². The van der Waals surface area contributed by atoms with E-state index in [9.17, 15) is 14.9 Å². The van der Waals surface area contributed by atoms with Gasteiger partial charge in [-0.1, -0.05) is 0 Å². The Morgan fingerprint density at radius 1 is 1.41 bits per heavy atom. The number of carbonyl (C=O) groups is 1. The number of nitro groups is 1. The molecular formula is C8H5N5O4. The molecule has 0 unspecified atom stereocenters. The molecule has 0 saturated heterocycles. The van der Waals surface area contributed by atoms with Gasteiger partial charge in [0.25, 0.3) is 0 Å². The van der Waals surface area contributed by atoms with E-state index in [2.05, 4.69) is 15.3 Å². The molecule has 9 nitrogen and oxygen atoms in total. The van der Waals surface area contributed by atoms with Gasteiger partial charge in [0.1, 0.15) is 12.4 Å². The van der Waals surface area contributed by atoms with Crippen molar-refractivity contribution < 1.29 is 14.8 Å². The molecule has 2 aromatic rings. The van der Waals surface area contributed by atoms with Crippen LogP contribution in [-0.4, -0.2) is 36.0 Å². The first-order valence-corrected chi connectivity index (χ1v) is 4.34. The van der Waals surface area contributed by atoms with Gasteiger partial charge in [-0.15, -0.1) is 10.2 Å². The maximum atomic E-state index is 10.5. The SMILES string of the molecule is O=C(O)c1ccc(-n2cc([N+](=O)[O-])cn2)nn1. The summed E-state index contributed by atoms with van der Waals surface area (Å²) < 4.78 is 1.14. The highest BCUT2D eigenvalue weighted by molar-refractivity contribution is 5.85. The van der Waals surface area contributed by atoms with Gasteiger partial charge in [-0.2, -0.15) is 5.10 Å². The minimum Gasteiger partial charge on any atom is -0.476 e. The zero-order valence-corrected chi connectivity index (χ0v) is 8.22. The van der Waals surface area contributed by atoms with Crippen molar-refractivity contribution in [3.8, 4) is 5.82 Å². The second-order valence-corrected chi connectivity index (χ2v) is 2.98. The molecule has 0 aliphatic rings. The number of nitrogens with zero attached hydrogens (tertiary/aromatic N) is 5. The van der Waals surface area contributed by atoms with Crippen molar-refractivity contribution in [2.75, 3.05) is 0 Å². The Kier molecular flexibility index (Phi) is 2.49. The van der Waals surface area contributed by atoms with E-state index in [-0.39, 0.29) is 17.2 Å². The lowest BCUT2D eigenvalue weighted by Gasteiger charge is -1.97. The predicted octanol–water partition coefficient (Wildman–Crippen LogP) is 0.269. The van der Waals surface area contributed by atoms with Gasteiger partial charge in [0.15, 0.2) is 11.5 Å². The standard InChI is InChI=1S/C8H5N5O4/c14-8(15)6-1-2-7(11-10-6)12-4-5(3-9-12)13(16)17/h1-4H,(H,14,15). The van der Waals surface area contributed by atoms with Crippen LogP contribution in [0.4, 0.5) is 5.69 Å². The highest BCUT2D eigenvalue weighted by Gasteiger charge is 2.11. The summed E-state index contributed by atoms with van der Waals surface area (Å²) in [6, 6.07) is 2.59. The van der Waals surface area contributed by atoms with Crippen LogP contribution in [-0.2, 0) is 0 Å². The summed E-state index contributed by atoms with van der Waals surface area (Å²) in [4.78, 5) is 20.4. The molecule has 2 aromatic heterocycles. The van der Waals surface area contributed by atoms with E-state index in [0.717, 1.165) is 17.1 Å². The molecule has 0 saturated carbocycles. The minimum absolute atomic E-state index is 0.186. The summed E-state index contributed by atoms with van der Waals surface area (Å²) in [6.07, 6.45) is 2.22. The summed E-state index contributed by atoms with van der Waals surface area (Å²) in [6.45, 7) is 0. The van der Waals surface area contributed by atoms with Crippen LogP contribution in [0, 0.1) is 10.1 Å². The van der Waals surface area contributed by atoms with Crippen LogP contribution in [0.2, 0.25) is 0 Å². The molecule has 0 atom stereocenters. The Morgan fingerprint density at radius 2 is 2.18 bits per heavy atom. The molecule has 2 rings (SSSR count). The number of carboxylic acids is 1. The van der Waals surface area contributed by atoms with Crippen LogP contribution in [0.5, 0.6) is 0 Å². The van der Waals surface area contributed by atoms with Gasteiger partial charge < -0.3 is 5.11 Å². The van der Waals surface area contributed by atoms with Crippen LogP contribution in [0.3, 0.4) is 0 Å². The first-order valence-electron chi connectivity index (χ1n) is 4.34. The van der Waals surface area contributed by atoms with Gasteiger partial charge in [0.2, 0.25) is 0 Å². The fraction of sp³-hybridized carbons (Fsp3) is 0. The highest BCUT2D eigenvalue weighted by atomic mass is 16.6. The summed E-state index contributed by atoms with van der Waals surface area (Å²) in [5.74, 6) is -1.00. The molecule has 1 N–H and O–H groups in total. The van der Waals surface area contributed by atoms with Gasteiger partial charge in [-0.05, 0) is 12.1 Å². The second kappa shape index (κ2) is 3.96. The molecule has 17 heavy (non-hydrogen) atoms. The highest BCUT2D eigenvalue weighted by Crippen LogP contribution is 2.11. The Morgan fingerprint density at radius 3 is 2.65 bits per heavy atom. The first kappa shape index (κ1) is 10.7. The maximum absolute atomic E-state index is 10.5. The molecule has 0 amide bonds. The predicted molar refractivity (Wildman–Crippen MR) is 52.8 cm³/mol. The van der Waals surface area contributed by atoms with Crippen molar-refractivity contribution in [1.29, 1.82) is 0 Å². The fourth-order valence-corrected chi connectivity index (χ4v) is 1.09. The lowest BCUT2D eigenvalue weighted by Crippen LogP contribution is -2.05. The van der Waals surface area contributed by atoms with E-state index in [1.165, 1.54) is 12.1 Å². The Bertz CT molecular complexity index is 576. The van der Waals surface area contributed by atoms with Crippen LogP contribution >= 0.6 is 0 Å². The first-order chi connectivity index (χ1) is 8.08. The average Bonchev–Trinajstić information content (AvgIpc) is 2.78. The molecule has 0 fully saturated rings. The van der Waals surface area contributed by atoms with Crippen molar-refractivity contribution in [2.24, 2.45) is 0 Å². The topological polar surface area (TPSA) is 124 Å². The molecule has 0 aromatic carbocycles. The van der Waals surface area contributed by atoms with E-state index in [4.69, 9.17) is 5.11 Å². The molecule has 0 bridgehead atoms. The van der Waals surface area contributed by atoms with Crippen molar-refractivity contribution in [3.05, 3.63) is 40.3 Å². The summed E-state index contributed by atoms with van der Waals surface area (Å²) in [5, 5.41) is 29.8. The quantitative estimate of drug-likeness (QED) is 0.597. The van der Waals surface area contributed by atoms with Gasteiger partial charge in [0, 0.05) is 0 Å². The summed E-state index contributed by atoms with van der Waals surface area (Å²) >= 11 is 0. The molecule has 0 aliphatic carbocycles. The van der Waals surface area contributed by atoms with Crippen LogP contribution in [0.25, 0.3) is 5.82 Å². The van der Waals surface area contributed by atoms with Crippen molar-refractivity contribution >= 4 is 11.7 Å². The van der Waals surface area contributed by atoms with Crippen molar-refractivity contribution in [3.63, 3.8) is 0 Å². The van der Waals surface area contributed by atoms with Gasteiger partial charge >= 0.3 is 11.7 Å². The smallest absolute Gasteiger partial charge is 0.356 e. The number of aromatic nitrogens is 4. The minimum atomic E-state index is -1.20. The van der Waals surface area contributed by atoms with Gasteiger partial charge in [0.05, 0.1) is 4.92 Å². The normalized spacial score (nSPS) is 10.1. The van der Waals surface area contributed by atoms with Gasteiger partial charge in [-0.3, -0.25) is 10.1 Å². The molecule has 0 radical (unpaired) electrons. The third-order valence-corrected chi connectivity index (χ3v) is 1.88. The molecular weight excluding hydrogens is 230 g/mol. The largest absolute Gasteiger partial charge is 0.476 e. The Hall–Kier alpha value is -2.84. The molecule has 0 aliphatic heterocycles. The van der Waals surface area contributed by atoms with Gasteiger partial charge in [-0.25, -0.2) is 9.48 Å². The zero-order valence-electron chi connectivity index (χ0n) is 8.22. The maximum Gasteiger partial charge on any atom is 0.356 e. The van der Waals surface area contributed by atoms with Crippen molar-refractivity contribution in [1.82, 2.24) is 20.0 Å². The third-order valence-electron chi connectivity index (χ3n) is 1.88. The molecule has 2 heterocycles. The molecule has 0 spiro atoms. The van der Waals surface area contributed by atoms with Crippen molar-refractivity contribution in [2.45, 2.75) is 0 Å². The number of hydrogen-bond acceptors (Lipinski definition) is 6. The van der Waals surface area contributed by atoms with E-state index in [1.807, 2.05) is 0 Å². The molecule has 86 valence electrons. The number of rotatable bonds is 3. The third kappa shape index (κ3) is 2.07. The monoisotopic (exact) mass is 235 g/mol. The number of aromatic carboxylic acids is 1. The average molecular weight is 235 g/mol. The number of carboxylic acid groups (broad SMARTS) is 1. The van der Waals surface area contributed by atoms with Crippen LogP contribution in [0.1, 0.15) is 10.5 Å². The lowest BCUT2D eigenvalue weighted by molar-refractivity contribution is -0.384. The number of hydrogen-bond donors (Lipinski definition) is 1. The Balaban J connectivity index is 2.33. The summed E-state index contributed by atoms with van der Waals surface area (Å²) in [5.41, 5.74) is -0.399. The Labute approximate surface area is 93.5 Å². The van der Waals surface area contributed by atoms with Crippen LogP contribution in [0.15, 0.2) is 24.5 Å². The summed E-state index contributed by atoms with van der Waals surface area (Å²) in [7, 11) is 0.